The smallest absolute Gasteiger partial charge is 0.380 e. The standard InChI is InChI=1S/C14H14F3N5O2S/c1-22-13(19-20-21-22)18-12(23)8-3-4-10(14(15,16)17)11-9(8)5-7(24-2)6-25-11/h3-4,7H,5-6H2,1-2H3,(H,18,19,21,23). The zero-order chi connectivity index (χ0) is 18.2. The molecule has 0 bridgehead atoms. The summed E-state index contributed by atoms with van der Waals surface area (Å²) in [5, 5.41) is 13.1. The first-order valence-corrected chi connectivity index (χ1v) is 8.22. The predicted molar refractivity (Wildman–Crippen MR) is 83.4 cm³/mol. The molecule has 134 valence electrons. The molecule has 1 aromatic heterocycles. The molecule has 3 rings (SSSR count). The van der Waals surface area contributed by atoms with Gasteiger partial charge in [0, 0.05) is 36.8 Å². The number of aryl methyl sites for hydroxylation is 1. The monoisotopic (exact) mass is 373 g/mol. The van der Waals surface area contributed by atoms with E-state index in [-0.39, 0.29) is 28.9 Å². The van der Waals surface area contributed by atoms with Gasteiger partial charge in [0.25, 0.3) is 5.91 Å². The molecule has 1 aromatic carbocycles. The highest BCUT2D eigenvalue weighted by atomic mass is 32.2. The summed E-state index contributed by atoms with van der Waals surface area (Å²) in [5.41, 5.74) is -0.260. The largest absolute Gasteiger partial charge is 0.417 e. The number of halogens is 3. The van der Waals surface area contributed by atoms with Gasteiger partial charge in [0.05, 0.1) is 11.7 Å². The molecule has 1 unspecified atom stereocenters. The van der Waals surface area contributed by atoms with Gasteiger partial charge in [0.15, 0.2) is 0 Å². The van der Waals surface area contributed by atoms with E-state index in [1.807, 2.05) is 0 Å². The van der Waals surface area contributed by atoms with Crippen molar-refractivity contribution in [2.45, 2.75) is 23.6 Å². The van der Waals surface area contributed by atoms with E-state index in [4.69, 9.17) is 4.74 Å². The minimum absolute atomic E-state index is 0.0736. The number of nitrogens with one attached hydrogen (secondary N) is 1. The maximum Gasteiger partial charge on any atom is 0.417 e. The van der Waals surface area contributed by atoms with Crippen LogP contribution in [0.4, 0.5) is 19.1 Å². The number of methoxy groups -OCH3 is 1. The number of hydrogen-bond acceptors (Lipinski definition) is 6. The van der Waals surface area contributed by atoms with Gasteiger partial charge >= 0.3 is 6.18 Å². The van der Waals surface area contributed by atoms with Crippen molar-refractivity contribution in [2.24, 2.45) is 7.05 Å². The van der Waals surface area contributed by atoms with Crippen LogP contribution in [0, 0.1) is 0 Å². The molecule has 1 aliphatic heterocycles. The molecular weight excluding hydrogens is 359 g/mol. The number of ether oxygens (including phenoxy) is 1. The predicted octanol–water partition coefficient (Wildman–Crippen LogP) is 2.14. The highest BCUT2D eigenvalue weighted by Crippen LogP contribution is 2.43. The summed E-state index contributed by atoms with van der Waals surface area (Å²) < 4.78 is 46.3. The molecule has 0 radical (unpaired) electrons. The third-order valence-electron chi connectivity index (χ3n) is 3.83. The number of tetrazole rings is 1. The van der Waals surface area contributed by atoms with E-state index in [0.29, 0.717) is 11.3 Å². The molecule has 0 saturated heterocycles. The molecule has 25 heavy (non-hydrogen) atoms. The Kier molecular flexibility index (Phi) is 4.69. The molecule has 1 amide bonds. The number of amides is 1. The van der Waals surface area contributed by atoms with Crippen molar-refractivity contribution in [1.82, 2.24) is 20.2 Å². The lowest BCUT2D eigenvalue weighted by molar-refractivity contribution is -0.139. The molecule has 11 heteroatoms. The third-order valence-corrected chi connectivity index (χ3v) is 5.13. The lowest BCUT2D eigenvalue weighted by Gasteiger charge is -2.27. The van der Waals surface area contributed by atoms with Gasteiger partial charge in [0.2, 0.25) is 5.95 Å². The first kappa shape index (κ1) is 17.7. The van der Waals surface area contributed by atoms with Crippen molar-refractivity contribution in [2.75, 3.05) is 18.2 Å². The summed E-state index contributed by atoms with van der Waals surface area (Å²) in [5.74, 6) is -0.0733. The van der Waals surface area contributed by atoms with Gasteiger partial charge in [-0.15, -0.1) is 11.8 Å². The topological polar surface area (TPSA) is 81.9 Å². The first-order chi connectivity index (χ1) is 11.8. The van der Waals surface area contributed by atoms with Gasteiger partial charge < -0.3 is 4.74 Å². The van der Waals surface area contributed by atoms with Gasteiger partial charge in [-0.1, -0.05) is 5.10 Å². The summed E-state index contributed by atoms with van der Waals surface area (Å²) in [6.07, 6.45) is -4.52. The molecule has 1 atom stereocenters. The number of carbonyl (C=O) groups excluding carboxylic acids is 1. The Hall–Kier alpha value is -2.14. The number of hydrogen-bond donors (Lipinski definition) is 1. The van der Waals surface area contributed by atoms with Crippen LogP contribution in [0.15, 0.2) is 17.0 Å². The zero-order valence-electron chi connectivity index (χ0n) is 13.3. The van der Waals surface area contributed by atoms with Gasteiger partial charge in [0.1, 0.15) is 0 Å². The van der Waals surface area contributed by atoms with Crippen molar-refractivity contribution in [3.05, 3.63) is 28.8 Å². The minimum Gasteiger partial charge on any atom is -0.380 e. The van der Waals surface area contributed by atoms with Crippen molar-refractivity contribution in [3.8, 4) is 0 Å². The van der Waals surface area contributed by atoms with E-state index >= 15 is 0 Å². The fourth-order valence-corrected chi connectivity index (χ4v) is 3.86. The lowest BCUT2D eigenvalue weighted by Crippen LogP contribution is -2.27. The van der Waals surface area contributed by atoms with Gasteiger partial charge in [-0.05, 0) is 28.1 Å². The van der Waals surface area contributed by atoms with Crippen molar-refractivity contribution < 1.29 is 22.7 Å². The number of fused-ring (bicyclic) bond motifs is 1. The number of thioether (sulfide) groups is 1. The molecule has 0 saturated carbocycles. The van der Waals surface area contributed by atoms with Crippen LogP contribution >= 0.6 is 11.8 Å². The maximum atomic E-state index is 13.3. The fourth-order valence-electron chi connectivity index (χ4n) is 2.55. The number of benzene rings is 1. The van der Waals surface area contributed by atoms with Crippen molar-refractivity contribution >= 4 is 23.6 Å². The number of aromatic nitrogens is 4. The quantitative estimate of drug-likeness (QED) is 0.888. The van der Waals surface area contributed by atoms with Gasteiger partial charge in [-0.3, -0.25) is 10.1 Å². The van der Waals surface area contributed by atoms with Gasteiger partial charge in [-0.25, -0.2) is 4.68 Å². The second-order valence-corrected chi connectivity index (χ2v) is 6.45. The van der Waals surface area contributed by atoms with E-state index in [0.717, 1.165) is 17.8 Å². The number of alkyl halides is 3. The zero-order valence-corrected chi connectivity index (χ0v) is 14.1. The summed E-state index contributed by atoms with van der Waals surface area (Å²) in [7, 11) is 3.03. The maximum absolute atomic E-state index is 13.3. The van der Waals surface area contributed by atoms with E-state index in [2.05, 4.69) is 20.8 Å². The molecular formula is C14H14F3N5O2S. The first-order valence-electron chi connectivity index (χ1n) is 7.23. The number of anilines is 1. The molecule has 1 N–H and O–H groups in total. The van der Waals surface area contributed by atoms with Crippen LogP contribution in [-0.4, -0.2) is 45.1 Å². The van der Waals surface area contributed by atoms with Crippen LogP contribution in [0.5, 0.6) is 0 Å². The summed E-state index contributed by atoms with van der Waals surface area (Å²) >= 11 is 1.05. The third kappa shape index (κ3) is 3.47. The van der Waals surface area contributed by atoms with Crippen LogP contribution in [0.25, 0.3) is 0 Å². The Bertz CT molecular complexity index is 808. The van der Waals surface area contributed by atoms with Crippen LogP contribution in [-0.2, 0) is 24.4 Å². The van der Waals surface area contributed by atoms with Gasteiger partial charge in [-0.2, -0.15) is 13.2 Å². The summed E-state index contributed by atoms with van der Waals surface area (Å²) in [6.45, 7) is 0. The minimum atomic E-state index is -4.49. The van der Waals surface area contributed by atoms with Crippen LogP contribution < -0.4 is 5.32 Å². The number of rotatable bonds is 3. The van der Waals surface area contributed by atoms with E-state index < -0.39 is 17.6 Å². The molecule has 2 heterocycles. The Morgan fingerprint density at radius 2 is 2.20 bits per heavy atom. The molecule has 2 aromatic rings. The fraction of sp³-hybridized carbons (Fsp3) is 0.429. The highest BCUT2D eigenvalue weighted by molar-refractivity contribution is 7.99. The second kappa shape index (κ2) is 6.64. The molecule has 7 nitrogen and oxygen atoms in total. The number of carbonyl (C=O) groups is 1. The Labute approximate surface area is 144 Å². The van der Waals surface area contributed by atoms with Crippen LogP contribution in [0.1, 0.15) is 21.5 Å². The Morgan fingerprint density at radius 1 is 1.44 bits per heavy atom. The lowest BCUT2D eigenvalue weighted by atomic mass is 9.97. The second-order valence-electron chi connectivity index (χ2n) is 5.42. The molecule has 0 aliphatic carbocycles. The summed E-state index contributed by atoms with van der Waals surface area (Å²) in [6, 6.07) is 2.11. The molecule has 0 fully saturated rings. The normalized spacial score (nSPS) is 17.2. The number of nitrogens with zero attached hydrogens (tertiary/aromatic N) is 4. The average molecular weight is 373 g/mol. The van der Waals surface area contributed by atoms with Crippen LogP contribution in [0.3, 0.4) is 0 Å². The SMILES string of the molecule is COC1CSc2c(C(F)(F)F)ccc(C(=O)Nc3nnnn3C)c2C1. The summed E-state index contributed by atoms with van der Waals surface area (Å²) in [4.78, 5) is 12.6. The molecule has 0 spiro atoms. The van der Waals surface area contributed by atoms with E-state index in [1.165, 1.54) is 24.9 Å². The molecule has 1 aliphatic rings. The Balaban J connectivity index is 2.02. The Morgan fingerprint density at radius 3 is 2.80 bits per heavy atom. The van der Waals surface area contributed by atoms with Crippen molar-refractivity contribution in [3.63, 3.8) is 0 Å². The van der Waals surface area contributed by atoms with E-state index in [9.17, 15) is 18.0 Å². The van der Waals surface area contributed by atoms with Crippen molar-refractivity contribution in [1.29, 1.82) is 0 Å². The van der Waals surface area contributed by atoms with E-state index in [1.54, 1.807) is 0 Å². The van der Waals surface area contributed by atoms with Crippen LogP contribution in [0.2, 0.25) is 0 Å². The average Bonchev–Trinajstić information content (AvgIpc) is 2.97. The highest BCUT2D eigenvalue weighted by Gasteiger charge is 2.38.